The summed E-state index contributed by atoms with van der Waals surface area (Å²) in [5.74, 6) is 0. The lowest BCUT2D eigenvalue weighted by atomic mass is 10.1. The highest BCUT2D eigenvalue weighted by atomic mass is 15.2. The Morgan fingerprint density at radius 3 is 3.14 bits per heavy atom. The second-order valence-electron chi connectivity index (χ2n) is 4.14. The second kappa shape index (κ2) is 4.11. The van der Waals surface area contributed by atoms with Gasteiger partial charge in [-0.25, -0.2) is 0 Å². The quantitative estimate of drug-likeness (QED) is 0.705. The largest absolute Gasteiger partial charge is 0.311 e. The Morgan fingerprint density at radius 1 is 1.64 bits per heavy atom. The van der Waals surface area contributed by atoms with E-state index >= 15 is 0 Å². The molecule has 1 unspecified atom stereocenters. The minimum atomic E-state index is 0.574. The van der Waals surface area contributed by atoms with Gasteiger partial charge in [0.2, 0.25) is 0 Å². The molecular weight excluding hydrogens is 176 g/mol. The van der Waals surface area contributed by atoms with Crippen LogP contribution in [0.2, 0.25) is 0 Å². The molecule has 1 aromatic heterocycles. The maximum absolute atomic E-state index is 4.04. The van der Waals surface area contributed by atoms with E-state index in [1.54, 1.807) is 0 Å². The van der Waals surface area contributed by atoms with Crippen LogP contribution >= 0.6 is 0 Å². The molecule has 0 saturated carbocycles. The summed E-state index contributed by atoms with van der Waals surface area (Å²) in [7, 11) is 2.18. The van der Waals surface area contributed by atoms with Crippen molar-refractivity contribution in [3.05, 3.63) is 17.5 Å². The summed E-state index contributed by atoms with van der Waals surface area (Å²) in [4.78, 5) is 2.37. The Hall–Kier alpha value is -0.870. The lowest BCUT2D eigenvalue weighted by Gasteiger charge is -2.30. The van der Waals surface area contributed by atoms with E-state index in [2.05, 4.69) is 34.4 Å². The third-order valence-electron chi connectivity index (χ3n) is 2.86. The van der Waals surface area contributed by atoms with Crippen LogP contribution in [-0.2, 0) is 6.42 Å². The van der Waals surface area contributed by atoms with Gasteiger partial charge >= 0.3 is 0 Å². The third kappa shape index (κ3) is 2.13. The highest BCUT2D eigenvalue weighted by Crippen LogP contribution is 2.08. The number of hydrogen-bond acceptors (Lipinski definition) is 3. The first-order valence-corrected chi connectivity index (χ1v) is 5.16. The number of nitrogens with zero attached hydrogens (tertiary/aromatic N) is 2. The molecule has 1 atom stereocenters. The van der Waals surface area contributed by atoms with E-state index in [1.807, 2.05) is 6.20 Å². The molecule has 0 amide bonds. The van der Waals surface area contributed by atoms with Gasteiger partial charge in [-0.15, -0.1) is 0 Å². The van der Waals surface area contributed by atoms with Gasteiger partial charge in [-0.05, 0) is 26.0 Å². The number of likely N-dealkylation sites (N-methyl/N-ethyl adjacent to an activating group) is 1. The van der Waals surface area contributed by atoms with E-state index in [0.29, 0.717) is 6.04 Å². The van der Waals surface area contributed by atoms with Gasteiger partial charge in [0.05, 0.1) is 6.20 Å². The monoisotopic (exact) mass is 194 g/mol. The van der Waals surface area contributed by atoms with Crippen LogP contribution in [0, 0.1) is 6.92 Å². The van der Waals surface area contributed by atoms with Crippen molar-refractivity contribution in [2.45, 2.75) is 19.4 Å². The Bertz CT molecular complexity index is 294. The minimum Gasteiger partial charge on any atom is -0.311 e. The number of rotatable bonds is 2. The van der Waals surface area contributed by atoms with E-state index < -0.39 is 0 Å². The van der Waals surface area contributed by atoms with Gasteiger partial charge in [0.15, 0.2) is 0 Å². The maximum atomic E-state index is 4.04. The first-order valence-electron chi connectivity index (χ1n) is 5.16. The van der Waals surface area contributed by atoms with Crippen molar-refractivity contribution in [2.24, 2.45) is 0 Å². The molecule has 0 bridgehead atoms. The van der Waals surface area contributed by atoms with Gasteiger partial charge in [0.25, 0.3) is 0 Å². The molecule has 0 radical (unpaired) electrons. The van der Waals surface area contributed by atoms with Crippen LogP contribution in [0.3, 0.4) is 0 Å². The number of hydrogen-bond donors (Lipinski definition) is 2. The van der Waals surface area contributed by atoms with Crippen molar-refractivity contribution < 1.29 is 0 Å². The highest BCUT2D eigenvalue weighted by molar-refractivity contribution is 5.16. The van der Waals surface area contributed by atoms with Crippen LogP contribution in [0.5, 0.6) is 0 Å². The number of aromatic amines is 1. The highest BCUT2D eigenvalue weighted by Gasteiger charge is 2.17. The zero-order valence-electron chi connectivity index (χ0n) is 8.88. The third-order valence-corrected chi connectivity index (χ3v) is 2.86. The van der Waals surface area contributed by atoms with Crippen molar-refractivity contribution in [2.75, 3.05) is 26.7 Å². The molecule has 78 valence electrons. The summed E-state index contributed by atoms with van der Waals surface area (Å²) in [6.07, 6.45) is 3.01. The standard InChI is InChI=1S/C10H18N4/c1-8-9(6-12-13-8)5-10-7-14(2)4-3-11-10/h6,10-11H,3-5,7H2,1-2H3,(H,12,13). The van der Waals surface area contributed by atoms with Crippen molar-refractivity contribution in [3.63, 3.8) is 0 Å². The number of H-pyrrole nitrogens is 1. The lowest BCUT2D eigenvalue weighted by molar-refractivity contribution is 0.238. The van der Waals surface area contributed by atoms with E-state index in [9.17, 15) is 0 Å². The van der Waals surface area contributed by atoms with Gasteiger partial charge in [0, 0.05) is 31.4 Å². The Kier molecular flexibility index (Phi) is 2.84. The summed E-state index contributed by atoms with van der Waals surface area (Å²) in [6, 6.07) is 0.574. The van der Waals surface area contributed by atoms with Crippen molar-refractivity contribution >= 4 is 0 Å². The van der Waals surface area contributed by atoms with Crippen molar-refractivity contribution in [1.29, 1.82) is 0 Å². The molecular formula is C10H18N4. The van der Waals surface area contributed by atoms with Crippen LogP contribution in [0.4, 0.5) is 0 Å². The second-order valence-corrected chi connectivity index (χ2v) is 4.14. The van der Waals surface area contributed by atoms with Crippen molar-refractivity contribution in [1.82, 2.24) is 20.4 Å². The molecule has 4 heteroatoms. The normalized spacial score (nSPS) is 24.0. The molecule has 0 spiro atoms. The molecule has 1 fully saturated rings. The molecule has 2 N–H and O–H groups in total. The molecule has 2 rings (SSSR count). The van der Waals surface area contributed by atoms with Gasteiger partial charge in [-0.2, -0.15) is 5.10 Å². The summed E-state index contributed by atoms with van der Waals surface area (Å²) in [6.45, 7) is 5.46. The Labute approximate surface area is 84.7 Å². The number of aryl methyl sites for hydroxylation is 1. The average Bonchev–Trinajstić information content (AvgIpc) is 2.52. The minimum absolute atomic E-state index is 0.574. The fraction of sp³-hybridized carbons (Fsp3) is 0.700. The van der Waals surface area contributed by atoms with Crippen LogP contribution in [0.1, 0.15) is 11.3 Å². The fourth-order valence-corrected chi connectivity index (χ4v) is 1.98. The zero-order valence-corrected chi connectivity index (χ0v) is 8.88. The summed E-state index contributed by atoms with van der Waals surface area (Å²) in [5, 5.41) is 10.5. The topological polar surface area (TPSA) is 44.0 Å². The summed E-state index contributed by atoms with van der Waals surface area (Å²) in [5.41, 5.74) is 2.53. The van der Waals surface area contributed by atoms with E-state index in [4.69, 9.17) is 0 Å². The molecule has 4 nitrogen and oxygen atoms in total. The number of aromatic nitrogens is 2. The molecule has 1 aliphatic heterocycles. The zero-order chi connectivity index (χ0) is 9.97. The van der Waals surface area contributed by atoms with Crippen LogP contribution < -0.4 is 5.32 Å². The van der Waals surface area contributed by atoms with Crippen LogP contribution in [0.25, 0.3) is 0 Å². The SMILES string of the molecule is Cc1[nH]ncc1CC1CN(C)CCN1. The maximum Gasteiger partial charge on any atom is 0.0522 e. The van der Waals surface area contributed by atoms with E-state index in [0.717, 1.165) is 26.1 Å². The molecule has 1 saturated heterocycles. The molecule has 14 heavy (non-hydrogen) atoms. The lowest BCUT2D eigenvalue weighted by Crippen LogP contribution is -2.49. The van der Waals surface area contributed by atoms with E-state index in [-0.39, 0.29) is 0 Å². The van der Waals surface area contributed by atoms with Gasteiger partial charge in [0.1, 0.15) is 0 Å². The smallest absolute Gasteiger partial charge is 0.0522 e. The summed E-state index contributed by atoms with van der Waals surface area (Å²) < 4.78 is 0. The van der Waals surface area contributed by atoms with Crippen LogP contribution in [0.15, 0.2) is 6.20 Å². The van der Waals surface area contributed by atoms with Gasteiger partial charge < -0.3 is 10.2 Å². The fourth-order valence-electron chi connectivity index (χ4n) is 1.98. The first-order chi connectivity index (χ1) is 6.75. The molecule has 0 aliphatic carbocycles. The first kappa shape index (κ1) is 9.68. The van der Waals surface area contributed by atoms with Crippen LogP contribution in [-0.4, -0.2) is 47.8 Å². The average molecular weight is 194 g/mol. The van der Waals surface area contributed by atoms with Gasteiger partial charge in [-0.1, -0.05) is 0 Å². The predicted molar refractivity (Wildman–Crippen MR) is 56.3 cm³/mol. The Balaban J connectivity index is 1.94. The van der Waals surface area contributed by atoms with Gasteiger partial charge in [-0.3, -0.25) is 5.10 Å². The number of piperazine rings is 1. The molecule has 1 aromatic rings. The van der Waals surface area contributed by atoms with E-state index in [1.165, 1.54) is 11.3 Å². The Morgan fingerprint density at radius 2 is 2.50 bits per heavy atom. The summed E-state index contributed by atoms with van der Waals surface area (Å²) >= 11 is 0. The van der Waals surface area contributed by atoms with Crippen molar-refractivity contribution in [3.8, 4) is 0 Å². The number of nitrogens with one attached hydrogen (secondary N) is 2. The molecule has 0 aromatic carbocycles. The molecule has 2 heterocycles. The predicted octanol–water partition coefficient (Wildman–Crippen LogP) is 0.164. The molecule has 1 aliphatic rings.